The normalized spacial score (nSPS) is 27.2. The topological polar surface area (TPSA) is 98.5 Å². The summed E-state index contributed by atoms with van der Waals surface area (Å²) < 4.78 is 33.3. The summed E-state index contributed by atoms with van der Waals surface area (Å²) in [6.07, 6.45) is 4.66. The van der Waals surface area contributed by atoms with Gasteiger partial charge in [0, 0.05) is 18.2 Å². The first-order valence-electron chi connectivity index (χ1n) is 8.16. The van der Waals surface area contributed by atoms with Crippen LogP contribution in [0, 0.1) is 27.9 Å². The highest BCUT2D eigenvalue weighted by atomic mass is 32.2. The third-order valence-electron chi connectivity index (χ3n) is 5.42. The van der Waals surface area contributed by atoms with Crippen LogP contribution in [0.15, 0.2) is 23.1 Å². The minimum Gasteiger partial charge on any atom is -0.495 e. The molecular weight excluding hydrogens is 332 g/mol. The van der Waals surface area contributed by atoms with E-state index in [0.29, 0.717) is 11.8 Å². The van der Waals surface area contributed by atoms with Gasteiger partial charge in [-0.1, -0.05) is 6.42 Å². The first-order chi connectivity index (χ1) is 11.3. The number of nitro benzene ring substituents is 1. The molecule has 8 heteroatoms. The maximum absolute atomic E-state index is 12.7. The molecule has 2 fully saturated rings. The Morgan fingerprint density at radius 3 is 2.62 bits per heavy atom. The number of benzene rings is 1. The average Bonchev–Trinajstić information content (AvgIpc) is 3.16. The molecular formula is C16H22N2O5S. The zero-order valence-electron chi connectivity index (χ0n) is 13.8. The van der Waals surface area contributed by atoms with Crippen molar-refractivity contribution in [1.29, 1.82) is 0 Å². The molecule has 0 saturated heterocycles. The Kier molecular flexibility index (Phi) is 4.52. The predicted octanol–water partition coefficient (Wildman–Crippen LogP) is 2.71. The minimum absolute atomic E-state index is 0.105. The van der Waals surface area contributed by atoms with Gasteiger partial charge in [0.1, 0.15) is 10.6 Å². The molecule has 3 rings (SSSR count). The maximum Gasteiger partial charge on any atom is 0.271 e. The van der Waals surface area contributed by atoms with E-state index in [-0.39, 0.29) is 22.4 Å². The van der Waals surface area contributed by atoms with Crippen molar-refractivity contribution in [2.75, 3.05) is 7.11 Å². The van der Waals surface area contributed by atoms with Gasteiger partial charge in [-0.2, -0.15) is 0 Å². The second kappa shape index (κ2) is 6.33. The Labute approximate surface area is 141 Å². The lowest BCUT2D eigenvalue weighted by molar-refractivity contribution is -0.385. The fourth-order valence-electron chi connectivity index (χ4n) is 4.29. The van der Waals surface area contributed by atoms with Crippen LogP contribution in [0.2, 0.25) is 0 Å². The van der Waals surface area contributed by atoms with Crippen LogP contribution < -0.4 is 9.46 Å². The summed E-state index contributed by atoms with van der Waals surface area (Å²) in [6, 6.07) is 3.40. The first kappa shape index (κ1) is 17.2. The molecule has 0 amide bonds. The summed E-state index contributed by atoms with van der Waals surface area (Å²) in [4.78, 5) is 10.1. The summed E-state index contributed by atoms with van der Waals surface area (Å²) in [7, 11) is -2.55. The summed E-state index contributed by atoms with van der Waals surface area (Å²) in [5, 5.41) is 10.9. The lowest BCUT2D eigenvalue weighted by Crippen LogP contribution is -2.40. The Bertz CT molecular complexity index is 749. The molecule has 0 spiro atoms. The molecule has 132 valence electrons. The van der Waals surface area contributed by atoms with E-state index in [2.05, 4.69) is 4.72 Å². The summed E-state index contributed by atoms with van der Waals surface area (Å²) >= 11 is 0. The van der Waals surface area contributed by atoms with Crippen molar-refractivity contribution in [2.24, 2.45) is 17.8 Å². The number of hydrogen-bond donors (Lipinski definition) is 1. The van der Waals surface area contributed by atoms with Crippen molar-refractivity contribution in [3.05, 3.63) is 28.3 Å². The molecule has 0 aliphatic heterocycles. The third kappa shape index (κ3) is 3.12. The molecule has 7 nitrogen and oxygen atoms in total. The highest BCUT2D eigenvalue weighted by Crippen LogP contribution is 2.49. The number of methoxy groups -OCH3 is 1. The van der Waals surface area contributed by atoms with Gasteiger partial charge >= 0.3 is 0 Å². The van der Waals surface area contributed by atoms with Crippen LogP contribution in [0.5, 0.6) is 5.75 Å². The molecule has 0 heterocycles. The number of non-ortho nitro benzene ring substituents is 1. The quantitative estimate of drug-likeness (QED) is 0.625. The number of sulfonamides is 1. The third-order valence-corrected chi connectivity index (χ3v) is 7.00. The molecule has 2 saturated carbocycles. The standard InChI is InChI=1S/C16H22N2O5S/c1-10(14-8-11-3-4-12(14)7-11)17-24(21,22)16-9-13(18(19)20)5-6-15(16)23-2/h5-6,9-12,14,17H,3-4,7-8H2,1-2H3/t10-,11+,12+,14-/m1/s1. The molecule has 2 aliphatic rings. The average molecular weight is 354 g/mol. The summed E-state index contributed by atoms with van der Waals surface area (Å²) in [6.45, 7) is 1.88. The number of ether oxygens (including phenoxy) is 1. The van der Waals surface area contributed by atoms with E-state index in [1.165, 1.54) is 38.5 Å². The van der Waals surface area contributed by atoms with Crippen LogP contribution in [-0.4, -0.2) is 26.5 Å². The van der Waals surface area contributed by atoms with Gasteiger partial charge in [0.05, 0.1) is 12.0 Å². The molecule has 0 radical (unpaired) electrons. The summed E-state index contributed by atoms with van der Waals surface area (Å²) in [5.41, 5.74) is -0.274. The smallest absolute Gasteiger partial charge is 0.271 e. The number of nitrogens with one attached hydrogen (secondary N) is 1. The van der Waals surface area contributed by atoms with Crippen molar-refractivity contribution in [2.45, 2.75) is 43.5 Å². The molecule has 4 atom stereocenters. The Balaban J connectivity index is 1.84. The minimum atomic E-state index is -3.89. The largest absolute Gasteiger partial charge is 0.495 e. The molecule has 1 aromatic carbocycles. The highest BCUT2D eigenvalue weighted by molar-refractivity contribution is 7.89. The van der Waals surface area contributed by atoms with Gasteiger partial charge in [-0.3, -0.25) is 10.1 Å². The predicted molar refractivity (Wildman–Crippen MR) is 88.4 cm³/mol. The molecule has 1 N–H and O–H groups in total. The van der Waals surface area contributed by atoms with Crippen molar-refractivity contribution >= 4 is 15.7 Å². The maximum atomic E-state index is 12.7. The highest BCUT2D eigenvalue weighted by Gasteiger charge is 2.43. The van der Waals surface area contributed by atoms with E-state index >= 15 is 0 Å². The van der Waals surface area contributed by atoms with Gasteiger partial charge in [-0.15, -0.1) is 0 Å². The molecule has 2 aliphatic carbocycles. The molecule has 2 bridgehead atoms. The van der Waals surface area contributed by atoms with E-state index in [0.717, 1.165) is 18.4 Å². The number of nitrogens with zero attached hydrogens (tertiary/aromatic N) is 1. The zero-order valence-corrected chi connectivity index (χ0v) is 14.6. The second-order valence-electron chi connectivity index (χ2n) is 6.84. The van der Waals surface area contributed by atoms with E-state index in [1.54, 1.807) is 0 Å². The van der Waals surface area contributed by atoms with Gasteiger partial charge in [-0.25, -0.2) is 13.1 Å². The van der Waals surface area contributed by atoms with E-state index < -0.39 is 14.9 Å². The van der Waals surface area contributed by atoms with Gasteiger partial charge in [-0.05, 0) is 50.0 Å². The Morgan fingerprint density at radius 1 is 1.33 bits per heavy atom. The van der Waals surface area contributed by atoms with E-state index in [1.807, 2.05) is 6.92 Å². The number of nitro groups is 1. The molecule has 1 aromatic rings. The van der Waals surface area contributed by atoms with Gasteiger partial charge in [0.25, 0.3) is 5.69 Å². The number of fused-ring (bicyclic) bond motifs is 2. The molecule has 24 heavy (non-hydrogen) atoms. The molecule has 0 aromatic heterocycles. The van der Waals surface area contributed by atoms with Crippen molar-refractivity contribution in [1.82, 2.24) is 4.72 Å². The Hall–Kier alpha value is -1.67. The van der Waals surface area contributed by atoms with Crippen molar-refractivity contribution in [3.63, 3.8) is 0 Å². The van der Waals surface area contributed by atoms with Crippen LogP contribution in [0.4, 0.5) is 5.69 Å². The lowest BCUT2D eigenvalue weighted by Gasteiger charge is -2.28. The number of hydrogen-bond acceptors (Lipinski definition) is 5. The van der Waals surface area contributed by atoms with Crippen molar-refractivity contribution < 1.29 is 18.1 Å². The fourth-order valence-corrected chi connectivity index (χ4v) is 5.77. The lowest BCUT2D eigenvalue weighted by atomic mass is 9.84. The SMILES string of the molecule is COc1ccc([N+](=O)[O-])cc1S(=O)(=O)N[C@H](C)[C@H]1C[C@H]2CC[C@H]1C2. The van der Waals surface area contributed by atoms with E-state index in [4.69, 9.17) is 4.74 Å². The Morgan fingerprint density at radius 2 is 2.08 bits per heavy atom. The zero-order chi connectivity index (χ0) is 17.5. The van der Waals surface area contributed by atoms with Crippen molar-refractivity contribution in [3.8, 4) is 5.75 Å². The van der Waals surface area contributed by atoms with Crippen LogP contribution in [0.3, 0.4) is 0 Å². The summed E-state index contributed by atoms with van der Waals surface area (Å²) in [5.74, 6) is 1.75. The van der Waals surface area contributed by atoms with E-state index in [9.17, 15) is 18.5 Å². The van der Waals surface area contributed by atoms with Crippen LogP contribution in [0.25, 0.3) is 0 Å². The fraction of sp³-hybridized carbons (Fsp3) is 0.625. The van der Waals surface area contributed by atoms with Crippen LogP contribution >= 0.6 is 0 Å². The van der Waals surface area contributed by atoms with Crippen LogP contribution in [-0.2, 0) is 10.0 Å². The van der Waals surface area contributed by atoms with Gasteiger partial charge < -0.3 is 4.74 Å². The number of rotatable bonds is 6. The molecule has 0 unspecified atom stereocenters. The second-order valence-corrected chi connectivity index (χ2v) is 8.52. The van der Waals surface area contributed by atoms with Gasteiger partial charge in [0.2, 0.25) is 10.0 Å². The van der Waals surface area contributed by atoms with Gasteiger partial charge in [0.15, 0.2) is 0 Å². The monoisotopic (exact) mass is 354 g/mol. The van der Waals surface area contributed by atoms with Crippen LogP contribution in [0.1, 0.15) is 32.6 Å². The first-order valence-corrected chi connectivity index (χ1v) is 9.65.